The van der Waals surface area contributed by atoms with E-state index in [4.69, 9.17) is 0 Å². The fraction of sp³-hybridized carbons (Fsp3) is 0.286. The third kappa shape index (κ3) is 2.20. The molecule has 1 aliphatic rings. The molecule has 0 saturated carbocycles. The number of rotatable bonds is 2. The summed E-state index contributed by atoms with van der Waals surface area (Å²) >= 11 is 1.75. The molecule has 4 heteroatoms. The minimum atomic E-state index is 0.0344. The molecule has 18 heavy (non-hydrogen) atoms. The number of nitrogens with zero attached hydrogens (tertiary/aromatic N) is 1. The van der Waals surface area contributed by atoms with Crippen molar-refractivity contribution in [2.24, 2.45) is 0 Å². The summed E-state index contributed by atoms with van der Waals surface area (Å²) in [4.78, 5) is 19.3. The molecular weight excluding hydrogens is 244 g/mol. The highest BCUT2D eigenvalue weighted by Gasteiger charge is 2.17. The van der Waals surface area contributed by atoms with Crippen LogP contribution in [-0.2, 0) is 17.9 Å². The van der Waals surface area contributed by atoms with Crippen molar-refractivity contribution < 1.29 is 0 Å². The first-order chi connectivity index (χ1) is 8.72. The molecule has 2 aromatic rings. The SMILES string of the molecule is Cc1ccc(Cc2nc3c(c(=O)[nH]2)CSC3)cc1. The molecule has 0 unspecified atom stereocenters. The van der Waals surface area contributed by atoms with E-state index in [0.29, 0.717) is 6.42 Å². The lowest BCUT2D eigenvalue weighted by Gasteiger charge is -2.04. The molecule has 3 nitrogen and oxygen atoms in total. The van der Waals surface area contributed by atoms with E-state index in [1.807, 2.05) is 0 Å². The second-order valence-corrected chi connectivity index (χ2v) is 5.58. The third-order valence-electron chi connectivity index (χ3n) is 3.13. The predicted octanol–water partition coefficient (Wildman–Crippen LogP) is 2.42. The summed E-state index contributed by atoms with van der Waals surface area (Å²) in [6.07, 6.45) is 0.688. The van der Waals surface area contributed by atoms with Crippen LogP contribution in [0.2, 0.25) is 0 Å². The van der Waals surface area contributed by atoms with Crippen molar-refractivity contribution >= 4 is 11.8 Å². The molecule has 0 aliphatic carbocycles. The predicted molar refractivity (Wildman–Crippen MR) is 73.8 cm³/mol. The van der Waals surface area contributed by atoms with Gasteiger partial charge in [-0.3, -0.25) is 4.79 Å². The van der Waals surface area contributed by atoms with Gasteiger partial charge in [-0.2, -0.15) is 11.8 Å². The fourth-order valence-electron chi connectivity index (χ4n) is 2.10. The quantitative estimate of drug-likeness (QED) is 0.899. The van der Waals surface area contributed by atoms with Crippen LogP contribution >= 0.6 is 11.8 Å². The summed E-state index contributed by atoms with van der Waals surface area (Å²) in [6, 6.07) is 8.32. The topological polar surface area (TPSA) is 45.8 Å². The molecule has 0 radical (unpaired) electrons. The molecule has 3 rings (SSSR count). The van der Waals surface area contributed by atoms with E-state index in [2.05, 4.69) is 41.2 Å². The molecule has 1 aromatic heterocycles. The van der Waals surface area contributed by atoms with Crippen LogP contribution in [-0.4, -0.2) is 9.97 Å². The van der Waals surface area contributed by atoms with E-state index in [1.54, 1.807) is 11.8 Å². The number of hydrogen-bond donors (Lipinski definition) is 1. The molecule has 0 atom stereocenters. The monoisotopic (exact) mass is 258 g/mol. The molecule has 1 aromatic carbocycles. The number of thioether (sulfide) groups is 1. The second kappa shape index (κ2) is 4.61. The van der Waals surface area contributed by atoms with Crippen LogP contribution in [0.5, 0.6) is 0 Å². The first-order valence-electron chi connectivity index (χ1n) is 5.96. The number of aromatic amines is 1. The largest absolute Gasteiger partial charge is 0.310 e. The average Bonchev–Trinajstić information content (AvgIpc) is 2.81. The van der Waals surface area contributed by atoms with Gasteiger partial charge in [-0.15, -0.1) is 0 Å². The molecule has 0 fully saturated rings. The minimum absolute atomic E-state index is 0.0344. The average molecular weight is 258 g/mol. The summed E-state index contributed by atoms with van der Waals surface area (Å²) in [7, 11) is 0. The zero-order chi connectivity index (χ0) is 12.5. The van der Waals surface area contributed by atoms with Gasteiger partial charge in [-0.1, -0.05) is 29.8 Å². The van der Waals surface area contributed by atoms with Crippen molar-refractivity contribution in [1.29, 1.82) is 0 Å². The van der Waals surface area contributed by atoms with Crippen molar-refractivity contribution in [2.75, 3.05) is 0 Å². The molecule has 0 amide bonds. The molecule has 2 heterocycles. The van der Waals surface area contributed by atoms with Crippen LogP contribution in [0.4, 0.5) is 0 Å². The molecule has 1 N–H and O–H groups in total. The van der Waals surface area contributed by atoms with Crippen LogP contribution in [0.25, 0.3) is 0 Å². The van der Waals surface area contributed by atoms with Crippen LogP contribution in [0.1, 0.15) is 28.2 Å². The van der Waals surface area contributed by atoms with Gasteiger partial charge < -0.3 is 4.98 Å². The molecular formula is C14H14N2OS. The van der Waals surface area contributed by atoms with E-state index < -0.39 is 0 Å². The van der Waals surface area contributed by atoms with Crippen molar-refractivity contribution in [3.05, 3.63) is 62.8 Å². The smallest absolute Gasteiger partial charge is 0.255 e. The summed E-state index contributed by atoms with van der Waals surface area (Å²) in [5.74, 6) is 2.42. The summed E-state index contributed by atoms with van der Waals surface area (Å²) in [5.41, 5.74) is 4.27. The zero-order valence-electron chi connectivity index (χ0n) is 10.2. The first-order valence-corrected chi connectivity index (χ1v) is 7.12. The van der Waals surface area contributed by atoms with Gasteiger partial charge in [0.2, 0.25) is 0 Å². The van der Waals surface area contributed by atoms with Gasteiger partial charge in [0.25, 0.3) is 5.56 Å². The maximum atomic E-state index is 11.9. The highest BCUT2D eigenvalue weighted by molar-refractivity contribution is 7.98. The maximum Gasteiger partial charge on any atom is 0.255 e. The zero-order valence-corrected chi connectivity index (χ0v) is 11.0. The number of aryl methyl sites for hydroxylation is 1. The third-order valence-corrected chi connectivity index (χ3v) is 4.10. The maximum absolute atomic E-state index is 11.9. The standard InChI is InChI=1S/C14H14N2OS/c1-9-2-4-10(5-3-9)6-13-15-12-8-18-7-11(12)14(17)16-13/h2-5H,6-8H2,1H3,(H,15,16,17). The van der Waals surface area contributed by atoms with Gasteiger partial charge in [0.1, 0.15) is 5.82 Å². The Morgan fingerprint density at radius 1 is 1.28 bits per heavy atom. The van der Waals surface area contributed by atoms with Gasteiger partial charge in [-0.25, -0.2) is 4.98 Å². The molecule has 0 spiro atoms. The van der Waals surface area contributed by atoms with Crippen LogP contribution in [0.3, 0.4) is 0 Å². The Morgan fingerprint density at radius 2 is 2.06 bits per heavy atom. The Balaban J connectivity index is 1.92. The van der Waals surface area contributed by atoms with Crippen LogP contribution < -0.4 is 5.56 Å². The molecule has 0 bridgehead atoms. The Hall–Kier alpha value is -1.55. The molecule has 1 aliphatic heterocycles. The lowest BCUT2D eigenvalue weighted by Crippen LogP contribution is -2.17. The number of aromatic nitrogens is 2. The molecule has 0 saturated heterocycles. The Morgan fingerprint density at radius 3 is 2.83 bits per heavy atom. The van der Waals surface area contributed by atoms with E-state index >= 15 is 0 Å². The van der Waals surface area contributed by atoms with E-state index in [-0.39, 0.29) is 5.56 Å². The number of benzene rings is 1. The lowest BCUT2D eigenvalue weighted by molar-refractivity contribution is 0.903. The van der Waals surface area contributed by atoms with Crippen molar-refractivity contribution in [1.82, 2.24) is 9.97 Å². The Labute approximate surface area is 110 Å². The number of nitrogens with one attached hydrogen (secondary N) is 1. The number of fused-ring (bicyclic) bond motifs is 1. The summed E-state index contributed by atoms with van der Waals surface area (Å²) in [5, 5.41) is 0. The fourth-order valence-corrected chi connectivity index (χ4v) is 3.13. The molecule has 92 valence electrons. The van der Waals surface area contributed by atoms with Crippen molar-refractivity contribution in [3.63, 3.8) is 0 Å². The van der Waals surface area contributed by atoms with Crippen molar-refractivity contribution in [3.8, 4) is 0 Å². The van der Waals surface area contributed by atoms with Gasteiger partial charge in [0.05, 0.1) is 5.69 Å². The van der Waals surface area contributed by atoms with E-state index in [1.165, 1.54) is 11.1 Å². The Kier molecular flexibility index (Phi) is 2.96. The van der Waals surface area contributed by atoms with Crippen LogP contribution in [0.15, 0.2) is 29.1 Å². The van der Waals surface area contributed by atoms with E-state index in [0.717, 1.165) is 28.6 Å². The first kappa shape index (κ1) is 11.5. The number of H-pyrrole nitrogens is 1. The van der Waals surface area contributed by atoms with Gasteiger partial charge in [-0.05, 0) is 12.5 Å². The van der Waals surface area contributed by atoms with Gasteiger partial charge in [0, 0.05) is 23.5 Å². The van der Waals surface area contributed by atoms with Gasteiger partial charge in [0.15, 0.2) is 0 Å². The highest BCUT2D eigenvalue weighted by Crippen LogP contribution is 2.25. The second-order valence-electron chi connectivity index (χ2n) is 4.59. The van der Waals surface area contributed by atoms with E-state index in [9.17, 15) is 4.79 Å². The van der Waals surface area contributed by atoms with Crippen molar-refractivity contribution in [2.45, 2.75) is 24.9 Å². The lowest BCUT2D eigenvalue weighted by atomic mass is 10.1. The summed E-state index contributed by atoms with van der Waals surface area (Å²) in [6.45, 7) is 2.07. The van der Waals surface area contributed by atoms with Gasteiger partial charge >= 0.3 is 0 Å². The normalized spacial score (nSPS) is 13.6. The minimum Gasteiger partial charge on any atom is -0.310 e. The Bertz CT molecular complexity index is 631. The van der Waals surface area contributed by atoms with Crippen LogP contribution in [0, 0.1) is 6.92 Å². The highest BCUT2D eigenvalue weighted by atomic mass is 32.2. The number of hydrogen-bond acceptors (Lipinski definition) is 3. The summed E-state index contributed by atoms with van der Waals surface area (Å²) < 4.78 is 0.